The molecular weight excluding hydrogens is 234 g/mol. The number of fused-ring (bicyclic) bond motifs is 1. The molecule has 0 bridgehead atoms. The van der Waals surface area contributed by atoms with Crippen LogP contribution < -0.4 is 0 Å². The molecule has 2 heteroatoms. The van der Waals surface area contributed by atoms with Gasteiger partial charge in [-0.25, -0.2) is 0 Å². The van der Waals surface area contributed by atoms with Crippen molar-refractivity contribution in [2.45, 2.75) is 0 Å². The minimum atomic E-state index is 0.802. The third-order valence-corrected chi connectivity index (χ3v) is 3.15. The van der Waals surface area contributed by atoms with Crippen LogP contribution in [0, 0.1) is 0 Å². The molecule has 0 saturated carbocycles. The van der Waals surface area contributed by atoms with Crippen molar-refractivity contribution in [2.75, 3.05) is 0 Å². The van der Waals surface area contributed by atoms with Gasteiger partial charge in [-0.3, -0.25) is 4.79 Å². The summed E-state index contributed by atoms with van der Waals surface area (Å²) in [4.78, 5) is 14.0. The number of benzene rings is 2. The van der Waals surface area contributed by atoms with Gasteiger partial charge < -0.3 is 4.98 Å². The number of nitrogens with one attached hydrogen (secondary N) is 1. The minimum Gasteiger partial charge on any atom is -0.354 e. The topological polar surface area (TPSA) is 32.9 Å². The number of hydrogen-bond donors (Lipinski definition) is 1. The lowest BCUT2D eigenvalue weighted by molar-refractivity contribution is -0.104. The summed E-state index contributed by atoms with van der Waals surface area (Å²) in [5, 5.41) is 1.12. The van der Waals surface area contributed by atoms with Gasteiger partial charge in [0.1, 0.15) is 6.29 Å². The van der Waals surface area contributed by atoms with Crippen molar-refractivity contribution in [1.29, 1.82) is 0 Å². The molecule has 0 aliphatic rings. The fourth-order valence-electron chi connectivity index (χ4n) is 2.30. The number of carbonyl (C=O) groups excluding carboxylic acids is 1. The van der Waals surface area contributed by atoms with Gasteiger partial charge in [0.05, 0.1) is 5.69 Å². The van der Waals surface area contributed by atoms with Gasteiger partial charge in [-0.2, -0.15) is 0 Å². The van der Waals surface area contributed by atoms with Crippen LogP contribution >= 0.6 is 0 Å². The number of allylic oxidation sites excluding steroid dienone is 1. The number of aromatic nitrogens is 1. The van der Waals surface area contributed by atoms with Gasteiger partial charge in [0.2, 0.25) is 0 Å². The Kier molecular flexibility index (Phi) is 2.99. The van der Waals surface area contributed by atoms with E-state index in [1.807, 2.05) is 42.5 Å². The second kappa shape index (κ2) is 4.94. The number of H-pyrrole nitrogens is 1. The highest BCUT2D eigenvalue weighted by Gasteiger charge is 2.09. The Morgan fingerprint density at radius 2 is 1.63 bits per heavy atom. The van der Waals surface area contributed by atoms with Crippen molar-refractivity contribution in [3.63, 3.8) is 0 Å². The number of aldehydes is 1. The zero-order chi connectivity index (χ0) is 13.1. The van der Waals surface area contributed by atoms with Gasteiger partial charge in [0, 0.05) is 16.5 Å². The smallest absolute Gasteiger partial charge is 0.142 e. The lowest BCUT2D eigenvalue weighted by atomic mass is 10.0. The molecule has 1 N–H and O–H groups in total. The zero-order valence-electron chi connectivity index (χ0n) is 10.3. The molecule has 2 nitrogen and oxygen atoms in total. The maximum Gasteiger partial charge on any atom is 0.142 e. The molecule has 1 aromatic heterocycles. The summed E-state index contributed by atoms with van der Waals surface area (Å²) < 4.78 is 0. The van der Waals surface area contributed by atoms with E-state index in [1.54, 1.807) is 0 Å². The standard InChI is InChI=1S/C17H13NO/c19-12-6-10-15-14-9-4-5-11-16(14)18-17(15)13-7-2-1-3-8-13/h1-12,18H/b10-6+. The first-order valence-electron chi connectivity index (χ1n) is 6.18. The van der Waals surface area contributed by atoms with E-state index in [0.717, 1.165) is 34.0 Å². The summed E-state index contributed by atoms with van der Waals surface area (Å²) in [6.45, 7) is 0. The van der Waals surface area contributed by atoms with Crippen LogP contribution in [0.2, 0.25) is 0 Å². The Morgan fingerprint density at radius 1 is 0.895 bits per heavy atom. The number of rotatable bonds is 3. The molecule has 0 aliphatic carbocycles. The predicted octanol–water partition coefficient (Wildman–Crippen LogP) is 4.05. The lowest BCUT2D eigenvalue weighted by Crippen LogP contribution is -1.80. The molecule has 3 aromatic rings. The highest BCUT2D eigenvalue weighted by atomic mass is 16.1. The number of carbonyl (C=O) groups is 1. The van der Waals surface area contributed by atoms with Gasteiger partial charge in [-0.1, -0.05) is 48.5 Å². The van der Waals surface area contributed by atoms with Gasteiger partial charge >= 0.3 is 0 Å². The van der Waals surface area contributed by atoms with E-state index in [0.29, 0.717) is 0 Å². The van der Waals surface area contributed by atoms with E-state index >= 15 is 0 Å². The van der Waals surface area contributed by atoms with Crippen LogP contribution in [0.25, 0.3) is 28.2 Å². The van der Waals surface area contributed by atoms with E-state index in [4.69, 9.17) is 0 Å². The number of para-hydroxylation sites is 1. The van der Waals surface area contributed by atoms with Crippen LogP contribution in [-0.2, 0) is 4.79 Å². The molecule has 0 fully saturated rings. The third kappa shape index (κ3) is 2.08. The molecule has 3 rings (SSSR count). The highest BCUT2D eigenvalue weighted by molar-refractivity contribution is 5.98. The summed E-state index contributed by atoms with van der Waals surface area (Å²) in [7, 11) is 0. The molecule has 0 unspecified atom stereocenters. The summed E-state index contributed by atoms with van der Waals surface area (Å²) >= 11 is 0. The summed E-state index contributed by atoms with van der Waals surface area (Å²) in [6.07, 6.45) is 4.19. The Balaban J connectivity index is 2.29. The van der Waals surface area contributed by atoms with E-state index in [-0.39, 0.29) is 0 Å². The maximum atomic E-state index is 10.6. The van der Waals surface area contributed by atoms with Gasteiger partial charge in [0.25, 0.3) is 0 Å². The van der Waals surface area contributed by atoms with Crippen molar-refractivity contribution >= 4 is 23.3 Å². The van der Waals surface area contributed by atoms with Crippen molar-refractivity contribution in [3.8, 4) is 11.3 Å². The van der Waals surface area contributed by atoms with Crippen LogP contribution in [0.1, 0.15) is 5.56 Å². The number of hydrogen-bond acceptors (Lipinski definition) is 1. The Bertz CT molecular complexity index is 738. The zero-order valence-corrected chi connectivity index (χ0v) is 10.3. The van der Waals surface area contributed by atoms with Crippen LogP contribution in [0.3, 0.4) is 0 Å². The molecule has 2 aromatic carbocycles. The quantitative estimate of drug-likeness (QED) is 0.549. The number of aromatic amines is 1. The first kappa shape index (κ1) is 11.5. The molecule has 1 heterocycles. The normalized spacial score (nSPS) is 11.2. The largest absolute Gasteiger partial charge is 0.354 e. The van der Waals surface area contributed by atoms with Crippen LogP contribution in [0.15, 0.2) is 60.7 Å². The van der Waals surface area contributed by atoms with Crippen molar-refractivity contribution in [1.82, 2.24) is 4.98 Å². The SMILES string of the molecule is O=C/C=C/c1c(-c2ccccc2)[nH]c2ccccc12. The van der Waals surface area contributed by atoms with Crippen molar-refractivity contribution < 1.29 is 4.79 Å². The average Bonchev–Trinajstić information content (AvgIpc) is 2.85. The first-order chi connectivity index (χ1) is 9.40. The molecule has 0 aliphatic heterocycles. The van der Waals surface area contributed by atoms with Crippen LogP contribution in [-0.4, -0.2) is 11.3 Å². The summed E-state index contributed by atoms with van der Waals surface area (Å²) in [6, 6.07) is 18.2. The maximum absolute atomic E-state index is 10.6. The van der Waals surface area contributed by atoms with Gasteiger partial charge in [-0.05, 0) is 23.8 Å². The summed E-state index contributed by atoms with van der Waals surface area (Å²) in [5.74, 6) is 0. The fraction of sp³-hybridized carbons (Fsp3) is 0. The van der Waals surface area contributed by atoms with Crippen LogP contribution in [0.5, 0.6) is 0 Å². The molecule has 0 atom stereocenters. The Morgan fingerprint density at radius 3 is 2.42 bits per heavy atom. The monoisotopic (exact) mass is 247 g/mol. The molecule has 92 valence electrons. The summed E-state index contributed by atoms with van der Waals surface area (Å²) in [5.41, 5.74) is 4.28. The second-order valence-electron chi connectivity index (χ2n) is 4.32. The predicted molar refractivity (Wildman–Crippen MR) is 78.8 cm³/mol. The Labute approximate surface area is 111 Å². The second-order valence-corrected chi connectivity index (χ2v) is 4.32. The van der Waals surface area contributed by atoms with E-state index in [9.17, 15) is 4.79 Å². The average molecular weight is 247 g/mol. The lowest BCUT2D eigenvalue weighted by Gasteiger charge is -2.00. The van der Waals surface area contributed by atoms with Crippen LogP contribution in [0.4, 0.5) is 0 Å². The van der Waals surface area contributed by atoms with E-state index in [1.165, 1.54) is 6.08 Å². The van der Waals surface area contributed by atoms with Crippen molar-refractivity contribution in [3.05, 3.63) is 66.2 Å². The molecule has 19 heavy (non-hydrogen) atoms. The molecule has 0 saturated heterocycles. The Hall–Kier alpha value is -2.61. The minimum absolute atomic E-state index is 0.802. The molecule has 0 amide bonds. The fourth-order valence-corrected chi connectivity index (χ4v) is 2.30. The molecular formula is C17H13NO. The highest BCUT2D eigenvalue weighted by Crippen LogP contribution is 2.31. The van der Waals surface area contributed by atoms with Crippen molar-refractivity contribution in [2.24, 2.45) is 0 Å². The van der Waals surface area contributed by atoms with Gasteiger partial charge in [-0.15, -0.1) is 0 Å². The molecule has 0 radical (unpaired) electrons. The van der Waals surface area contributed by atoms with E-state index in [2.05, 4.69) is 23.2 Å². The van der Waals surface area contributed by atoms with E-state index < -0.39 is 0 Å². The first-order valence-corrected chi connectivity index (χ1v) is 6.18. The molecule has 0 spiro atoms. The third-order valence-electron chi connectivity index (χ3n) is 3.15. The van der Waals surface area contributed by atoms with Gasteiger partial charge in [0.15, 0.2) is 0 Å².